The molecule has 1 rings (SSSR count). The predicted molar refractivity (Wildman–Crippen MR) is 81.1 cm³/mol. The van der Waals surface area contributed by atoms with Crippen molar-refractivity contribution in [2.24, 2.45) is 0 Å². The Labute approximate surface area is 122 Å². The molecule has 114 valence electrons. The van der Waals surface area contributed by atoms with E-state index in [4.69, 9.17) is 9.47 Å². The van der Waals surface area contributed by atoms with Gasteiger partial charge in [0.1, 0.15) is 5.75 Å². The van der Waals surface area contributed by atoms with Crippen LogP contribution in [0.25, 0.3) is 0 Å². The fraction of sp³-hybridized carbons (Fsp3) is 0.625. The summed E-state index contributed by atoms with van der Waals surface area (Å²) in [6.45, 7) is 4.59. The average molecular weight is 281 g/mol. The summed E-state index contributed by atoms with van der Waals surface area (Å²) in [7, 11) is 1.59. The minimum atomic E-state index is -0.457. The molecular weight excluding hydrogens is 254 g/mol. The van der Waals surface area contributed by atoms with E-state index < -0.39 is 6.10 Å². The molecule has 4 nitrogen and oxygen atoms in total. The van der Waals surface area contributed by atoms with Crippen LogP contribution < -0.4 is 10.1 Å². The van der Waals surface area contributed by atoms with Crippen LogP contribution >= 0.6 is 0 Å². The monoisotopic (exact) mass is 281 g/mol. The Hall–Kier alpha value is -1.10. The van der Waals surface area contributed by atoms with Crippen molar-refractivity contribution in [3.63, 3.8) is 0 Å². The molecule has 0 fully saturated rings. The van der Waals surface area contributed by atoms with Crippen LogP contribution in [-0.2, 0) is 11.3 Å². The highest BCUT2D eigenvalue weighted by atomic mass is 16.5. The van der Waals surface area contributed by atoms with Crippen LogP contribution in [0.15, 0.2) is 24.3 Å². The number of hydrogen-bond donors (Lipinski definition) is 2. The van der Waals surface area contributed by atoms with Gasteiger partial charge in [0.2, 0.25) is 0 Å². The zero-order valence-electron chi connectivity index (χ0n) is 12.6. The second-order valence-electron chi connectivity index (χ2n) is 4.94. The minimum Gasteiger partial charge on any atom is -0.494 e. The number of aliphatic hydroxyl groups excluding tert-OH is 1. The first-order valence-corrected chi connectivity index (χ1v) is 7.35. The maximum atomic E-state index is 9.50. The molecule has 0 saturated heterocycles. The molecule has 0 radical (unpaired) electrons. The highest BCUT2D eigenvalue weighted by Crippen LogP contribution is 2.12. The summed E-state index contributed by atoms with van der Waals surface area (Å²) in [6.07, 6.45) is 3.08. The lowest BCUT2D eigenvalue weighted by Crippen LogP contribution is -2.29. The molecule has 20 heavy (non-hydrogen) atoms. The summed E-state index contributed by atoms with van der Waals surface area (Å²) in [5, 5.41) is 12.7. The van der Waals surface area contributed by atoms with E-state index in [-0.39, 0.29) is 0 Å². The van der Waals surface area contributed by atoms with E-state index >= 15 is 0 Å². The van der Waals surface area contributed by atoms with Gasteiger partial charge in [-0.15, -0.1) is 0 Å². The van der Waals surface area contributed by atoms with Gasteiger partial charge in [-0.05, 0) is 24.1 Å². The lowest BCUT2D eigenvalue weighted by atomic mass is 10.2. The summed E-state index contributed by atoms with van der Waals surface area (Å²) in [4.78, 5) is 0. The van der Waals surface area contributed by atoms with Crippen molar-refractivity contribution >= 4 is 0 Å². The number of rotatable bonds is 11. The molecule has 0 aliphatic heterocycles. The maximum Gasteiger partial charge on any atom is 0.119 e. The highest BCUT2D eigenvalue weighted by Gasteiger charge is 2.02. The van der Waals surface area contributed by atoms with Crippen molar-refractivity contribution in [3.8, 4) is 5.75 Å². The molecule has 0 aliphatic rings. The summed E-state index contributed by atoms with van der Waals surface area (Å²) >= 11 is 0. The molecule has 0 bridgehead atoms. The third-order valence-corrected chi connectivity index (χ3v) is 3.01. The molecule has 0 spiro atoms. The van der Waals surface area contributed by atoms with Gasteiger partial charge in [0.15, 0.2) is 0 Å². The molecule has 1 atom stereocenters. The lowest BCUT2D eigenvalue weighted by molar-refractivity contribution is 0.0644. The summed E-state index contributed by atoms with van der Waals surface area (Å²) < 4.78 is 10.5. The normalized spacial score (nSPS) is 12.3. The molecule has 1 aromatic carbocycles. The first kappa shape index (κ1) is 17.0. The lowest BCUT2D eigenvalue weighted by Gasteiger charge is -2.11. The molecule has 0 heterocycles. The third-order valence-electron chi connectivity index (χ3n) is 3.01. The van der Waals surface area contributed by atoms with Gasteiger partial charge in [-0.3, -0.25) is 0 Å². The molecule has 4 heteroatoms. The van der Waals surface area contributed by atoms with Crippen LogP contribution in [0.2, 0.25) is 0 Å². The van der Waals surface area contributed by atoms with Gasteiger partial charge in [-0.1, -0.05) is 31.9 Å². The molecular formula is C16H27NO3. The zero-order valence-corrected chi connectivity index (χ0v) is 12.6. The van der Waals surface area contributed by atoms with Crippen LogP contribution in [0.3, 0.4) is 0 Å². The number of unbranched alkanes of at least 4 members (excludes halogenated alkanes) is 2. The molecule has 2 N–H and O–H groups in total. The van der Waals surface area contributed by atoms with Crippen molar-refractivity contribution in [3.05, 3.63) is 29.8 Å². The van der Waals surface area contributed by atoms with Gasteiger partial charge >= 0.3 is 0 Å². The van der Waals surface area contributed by atoms with E-state index in [1.54, 1.807) is 7.11 Å². The molecule has 1 aromatic rings. The Kier molecular flexibility index (Phi) is 9.04. The van der Waals surface area contributed by atoms with Crippen molar-refractivity contribution < 1.29 is 14.6 Å². The van der Waals surface area contributed by atoms with Gasteiger partial charge < -0.3 is 19.9 Å². The minimum absolute atomic E-state index is 0.359. The van der Waals surface area contributed by atoms with E-state index in [2.05, 4.69) is 12.2 Å². The fourth-order valence-corrected chi connectivity index (χ4v) is 1.88. The van der Waals surface area contributed by atoms with E-state index in [0.29, 0.717) is 13.2 Å². The van der Waals surface area contributed by atoms with Gasteiger partial charge in [-0.25, -0.2) is 0 Å². The Morgan fingerprint density at radius 1 is 1.20 bits per heavy atom. The number of aliphatic hydroxyl groups is 1. The zero-order chi connectivity index (χ0) is 14.6. The van der Waals surface area contributed by atoms with Crippen molar-refractivity contribution in [1.29, 1.82) is 0 Å². The van der Waals surface area contributed by atoms with Gasteiger partial charge in [-0.2, -0.15) is 0 Å². The summed E-state index contributed by atoms with van der Waals surface area (Å²) in [5.41, 5.74) is 1.18. The van der Waals surface area contributed by atoms with Crippen molar-refractivity contribution in [1.82, 2.24) is 5.32 Å². The first-order chi connectivity index (χ1) is 9.76. The van der Waals surface area contributed by atoms with E-state index in [1.807, 2.05) is 24.3 Å². The van der Waals surface area contributed by atoms with Gasteiger partial charge in [0.05, 0.1) is 19.3 Å². The van der Waals surface area contributed by atoms with Crippen molar-refractivity contribution in [2.45, 2.75) is 38.8 Å². The first-order valence-electron chi connectivity index (χ1n) is 7.35. The van der Waals surface area contributed by atoms with Crippen molar-refractivity contribution in [2.75, 3.05) is 26.9 Å². The second-order valence-corrected chi connectivity index (χ2v) is 4.94. The standard InChI is InChI=1S/C16H27NO3/c1-3-4-5-10-20-16-8-6-14(7-9-16)11-17-12-15(18)13-19-2/h6-9,15,17-18H,3-5,10-13H2,1-2H3. The molecule has 0 amide bonds. The SMILES string of the molecule is CCCCCOc1ccc(CNCC(O)COC)cc1. The number of ether oxygens (including phenoxy) is 2. The topological polar surface area (TPSA) is 50.7 Å². The smallest absolute Gasteiger partial charge is 0.119 e. The van der Waals surface area contributed by atoms with E-state index in [0.717, 1.165) is 25.3 Å². The Morgan fingerprint density at radius 3 is 2.60 bits per heavy atom. The van der Waals surface area contributed by atoms with Crippen LogP contribution in [0, 0.1) is 0 Å². The number of methoxy groups -OCH3 is 1. The van der Waals surface area contributed by atoms with Gasteiger partial charge in [0.25, 0.3) is 0 Å². The summed E-state index contributed by atoms with van der Waals surface area (Å²) in [6, 6.07) is 8.08. The molecule has 1 unspecified atom stereocenters. The Bertz CT molecular complexity index is 340. The number of hydrogen-bond acceptors (Lipinski definition) is 4. The van der Waals surface area contributed by atoms with Gasteiger partial charge in [0, 0.05) is 20.2 Å². The Morgan fingerprint density at radius 2 is 1.95 bits per heavy atom. The summed E-state index contributed by atoms with van der Waals surface area (Å²) in [5.74, 6) is 0.921. The van der Waals surface area contributed by atoms with Crippen LogP contribution in [0.5, 0.6) is 5.75 Å². The predicted octanol–water partition coefficient (Wildman–Crippen LogP) is 2.35. The average Bonchev–Trinajstić information content (AvgIpc) is 2.45. The van der Waals surface area contributed by atoms with E-state index in [9.17, 15) is 5.11 Å². The van der Waals surface area contributed by atoms with Crippen LogP contribution in [-0.4, -0.2) is 38.1 Å². The molecule has 0 aliphatic carbocycles. The van der Waals surface area contributed by atoms with Crippen LogP contribution in [0.4, 0.5) is 0 Å². The third kappa shape index (κ3) is 7.48. The fourth-order valence-electron chi connectivity index (χ4n) is 1.88. The maximum absolute atomic E-state index is 9.50. The molecule has 0 aromatic heterocycles. The largest absolute Gasteiger partial charge is 0.494 e. The number of nitrogens with one attached hydrogen (secondary N) is 1. The second kappa shape index (κ2) is 10.7. The van der Waals surface area contributed by atoms with Crippen LogP contribution in [0.1, 0.15) is 31.7 Å². The molecule has 0 saturated carbocycles. The quantitative estimate of drug-likeness (QED) is 0.611. The Balaban J connectivity index is 2.21. The highest BCUT2D eigenvalue weighted by molar-refractivity contribution is 5.27. The number of benzene rings is 1. The van der Waals surface area contributed by atoms with E-state index in [1.165, 1.54) is 18.4 Å².